The van der Waals surface area contributed by atoms with Crippen molar-refractivity contribution in [3.05, 3.63) is 0 Å². The fourth-order valence-electron chi connectivity index (χ4n) is 4.47. The lowest BCUT2D eigenvalue weighted by Crippen LogP contribution is -2.58. The van der Waals surface area contributed by atoms with Crippen LogP contribution in [0.5, 0.6) is 0 Å². The monoisotopic (exact) mass is 438 g/mol. The number of aliphatic hydroxyl groups is 1. The predicted molar refractivity (Wildman–Crippen MR) is 106 cm³/mol. The number of likely N-dealkylation sites (N-methyl/N-ethyl adjacent to an activating group) is 1. The van der Waals surface area contributed by atoms with E-state index in [1.807, 2.05) is 0 Å². The number of carbonyl (C=O) groups is 5. The Morgan fingerprint density at radius 3 is 2.32 bits per heavy atom. The van der Waals surface area contributed by atoms with Crippen molar-refractivity contribution in [3.63, 3.8) is 0 Å². The first-order chi connectivity index (χ1) is 14.8. The zero-order valence-electron chi connectivity index (χ0n) is 17.9. The number of fused-ring (bicyclic) bond motifs is 2. The molecular weight excluding hydrogens is 408 g/mol. The molecule has 172 valence electrons. The minimum Gasteiger partial charge on any atom is -0.464 e. The number of esters is 1. The highest BCUT2D eigenvalue weighted by Gasteiger charge is 2.41. The number of ether oxygens (including phenoxy) is 1. The Morgan fingerprint density at radius 1 is 1.00 bits per heavy atom. The second-order valence-corrected chi connectivity index (χ2v) is 8.23. The molecule has 11 heteroatoms. The molecule has 3 aliphatic heterocycles. The van der Waals surface area contributed by atoms with Gasteiger partial charge in [-0.15, -0.1) is 0 Å². The molecule has 31 heavy (non-hydrogen) atoms. The van der Waals surface area contributed by atoms with Crippen molar-refractivity contribution in [1.82, 2.24) is 20.0 Å². The van der Waals surface area contributed by atoms with Crippen LogP contribution in [0.3, 0.4) is 0 Å². The summed E-state index contributed by atoms with van der Waals surface area (Å²) in [6.07, 6.45) is 2.08. The molecule has 0 aromatic rings. The Labute approximate surface area is 180 Å². The highest BCUT2D eigenvalue weighted by molar-refractivity contribution is 5.95. The number of nitrogens with one attached hydrogen (secondary N) is 1. The van der Waals surface area contributed by atoms with Crippen LogP contribution in [0.25, 0.3) is 0 Å². The summed E-state index contributed by atoms with van der Waals surface area (Å²) in [4.78, 5) is 67.7. The maximum absolute atomic E-state index is 13.0. The molecule has 4 atom stereocenters. The minimum absolute atomic E-state index is 0.0692. The largest absolute Gasteiger partial charge is 0.464 e. The lowest BCUT2D eigenvalue weighted by Gasteiger charge is -2.33. The normalized spacial score (nSPS) is 31.5. The summed E-state index contributed by atoms with van der Waals surface area (Å²) in [5.74, 6) is -2.47. The van der Waals surface area contributed by atoms with Gasteiger partial charge in [-0.25, -0.2) is 4.79 Å². The molecule has 4 amide bonds. The molecule has 0 aromatic heterocycles. The smallest absolute Gasteiger partial charge is 0.328 e. The van der Waals surface area contributed by atoms with E-state index in [-0.39, 0.29) is 18.9 Å². The van der Waals surface area contributed by atoms with Crippen LogP contribution in [0.4, 0.5) is 0 Å². The van der Waals surface area contributed by atoms with Crippen molar-refractivity contribution in [2.24, 2.45) is 0 Å². The predicted octanol–water partition coefficient (Wildman–Crippen LogP) is -1.76. The lowest BCUT2D eigenvalue weighted by atomic mass is 10.1. The van der Waals surface area contributed by atoms with Gasteiger partial charge in [-0.1, -0.05) is 0 Å². The molecule has 0 saturated carbocycles. The van der Waals surface area contributed by atoms with Gasteiger partial charge >= 0.3 is 5.97 Å². The molecule has 0 aliphatic carbocycles. The molecule has 0 bridgehead atoms. The number of carbonyl (C=O) groups excluding carboxylic acids is 5. The zero-order chi connectivity index (χ0) is 22.7. The van der Waals surface area contributed by atoms with Gasteiger partial charge in [0.15, 0.2) is 0 Å². The first-order valence-corrected chi connectivity index (χ1v) is 10.7. The third-order valence-electron chi connectivity index (χ3n) is 6.25. The molecule has 0 spiro atoms. The van der Waals surface area contributed by atoms with E-state index in [1.54, 1.807) is 0 Å². The summed E-state index contributed by atoms with van der Waals surface area (Å²) < 4.78 is 5.27. The standard InChI is InChI=1S/C20H30N4O7/c1-12-18(28)24-9-4-6-14(24)20(30)31-10-7-16(26)23-8-3-5-13(23)19(29)22(2)15(11-25)17(27)21-12/h12-15,25H,3-11H2,1-2H3,(H,21,27). The van der Waals surface area contributed by atoms with Crippen LogP contribution in [-0.2, 0) is 28.7 Å². The number of cyclic esters (lactones) is 1. The second-order valence-electron chi connectivity index (χ2n) is 8.23. The zero-order valence-corrected chi connectivity index (χ0v) is 17.9. The Kier molecular flexibility index (Phi) is 7.14. The summed E-state index contributed by atoms with van der Waals surface area (Å²) in [7, 11) is 1.40. The first-order valence-electron chi connectivity index (χ1n) is 10.7. The lowest BCUT2D eigenvalue weighted by molar-refractivity contribution is -0.156. The van der Waals surface area contributed by atoms with Crippen molar-refractivity contribution in [3.8, 4) is 0 Å². The van der Waals surface area contributed by atoms with Crippen molar-refractivity contribution in [2.45, 2.75) is 63.2 Å². The van der Waals surface area contributed by atoms with Gasteiger partial charge in [-0.05, 0) is 32.6 Å². The van der Waals surface area contributed by atoms with Gasteiger partial charge in [0.25, 0.3) is 0 Å². The van der Waals surface area contributed by atoms with Gasteiger partial charge < -0.3 is 29.9 Å². The Balaban J connectivity index is 1.87. The molecule has 2 N–H and O–H groups in total. The van der Waals surface area contributed by atoms with Gasteiger partial charge in [0.2, 0.25) is 23.6 Å². The number of rotatable bonds is 1. The molecule has 4 unspecified atom stereocenters. The summed E-state index contributed by atoms with van der Waals surface area (Å²) in [5.41, 5.74) is 0. The summed E-state index contributed by atoms with van der Waals surface area (Å²) >= 11 is 0. The van der Waals surface area contributed by atoms with Gasteiger partial charge in [0, 0.05) is 20.1 Å². The van der Waals surface area contributed by atoms with Crippen LogP contribution >= 0.6 is 0 Å². The highest BCUT2D eigenvalue weighted by atomic mass is 16.5. The fraction of sp³-hybridized carbons (Fsp3) is 0.750. The van der Waals surface area contributed by atoms with E-state index in [2.05, 4.69) is 5.32 Å². The Bertz CT molecular complexity index is 758. The topological polar surface area (TPSA) is 137 Å². The first kappa shape index (κ1) is 23.0. The number of amides is 4. The number of hydrogen-bond donors (Lipinski definition) is 2. The minimum atomic E-state index is -1.20. The SMILES string of the molecule is CC1NC(=O)C(CO)N(C)C(=O)C2CCCN2C(=O)CCOC(=O)C2CCCN2C1=O. The van der Waals surface area contributed by atoms with Crippen molar-refractivity contribution >= 4 is 29.6 Å². The molecule has 11 nitrogen and oxygen atoms in total. The van der Waals surface area contributed by atoms with E-state index in [0.717, 1.165) is 4.90 Å². The number of aliphatic hydroxyl groups excluding tert-OH is 1. The van der Waals surface area contributed by atoms with Crippen LogP contribution in [0.2, 0.25) is 0 Å². The van der Waals surface area contributed by atoms with Crippen LogP contribution < -0.4 is 5.32 Å². The average molecular weight is 438 g/mol. The van der Waals surface area contributed by atoms with E-state index < -0.39 is 54.5 Å². The summed E-state index contributed by atoms with van der Waals surface area (Å²) in [6, 6.07) is -3.65. The van der Waals surface area contributed by atoms with Crippen molar-refractivity contribution in [2.75, 3.05) is 33.4 Å². The van der Waals surface area contributed by atoms with Crippen LogP contribution in [0, 0.1) is 0 Å². The van der Waals surface area contributed by atoms with Crippen LogP contribution in [0.1, 0.15) is 39.0 Å². The summed E-state index contributed by atoms with van der Waals surface area (Å²) in [6.45, 7) is 1.49. The quantitative estimate of drug-likeness (QED) is 0.463. The molecule has 0 radical (unpaired) electrons. The van der Waals surface area contributed by atoms with E-state index in [1.165, 1.54) is 23.8 Å². The van der Waals surface area contributed by atoms with E-state index in [9.17, 15) is 29.1 Å². The average Bonchev–Trinajstić information content (AvgIpc) is 3.41. The fourth-order valence-corrected chi connectivity index (χ4v) is 4.47. The molecule has 3 rings (SSSR count). The molecule has 3 heterocycles. The maximum atomic E-state index is 13.0. The molecule has 3 aliphatic rings. The van der Waals surface area contributed by atoms with E-state index in [0.29, 0.717) is 38.8 Å². The number of hydrogen-bond acceptors (Lipinski definition) is 7. The van der Waals surface area contributed by atoms with Gasteiger partial charge in [-0.3, -0.25) is 19.2 Å². The van der Waals surface area contributed by atoms with Gasteiger partial charge in [0.1, 0.15) is 30.8 Å². The van der Waals surface area contributed by atoms with Crippen LogP contribution in [-0.4, -0.2) is 107 Å². The molecule has 0 aromatic carbocycles. The third kappa shape index (κ3) is 4.65. The van der Waals surface area contributed by atoms with Crippen molar-refractivity contribution in [1.29, 1.82) is 0 Å². The van der Waals surface area contributed by atoms with Gasteiger partial charge in [0.05, 0.1) is 13.0 Å². The summed E-state index contributed by atoms with van der Waals surface area (Å²) in [5, 5.41) is 12.3. The maximum Gasteiger partial charge on any atom is 0.328 e. The third-order valence-corrected chi connectivity index (χ3v) is 6.25. The molecule has 3 saturated heterocycles. The number of nitrogens with zero attached hydrogens (tertiary/aromatic N) is 3. The molecular formula is C20H30N4O7. The van der Waals surface area contributed by atoms with Crippen molar-refractivity contribution < 1.29 is 33.8 Å². The van der Waals surface area contributed by atoms with Gasteiger partial charge in [-0.2, -0.15) is 0 Å². The Hall–Kier alpha value is -2.69. The van der Waals surface area contributed by atoms with E-state index >= 15 is 0 Å². The van der Waals surface area contributed by atoms with Crippen LogP contribution in [0.15, 0.2) is 0 Å². The second kappa shape index (κ2) is 9.63. The van der Waals surface area contributed by atoms with E-state index in [4.69, 9.17) is 4.74 Å². The molecule has 3 fully saturated rings. The Morgan fingerprint density at radius 2 is 1.65 bits per heavy atom. The highest BCUT2D eigenvalue weighted by Crippen LogP contribution is 2.23.